The molecule has 0 bridgehead atoms. The molecule has 19 heavy (non-hydrogen) atoms. The summed E-state index contributed by atoms with van der Waals surface area (Å²) in [4.78, 5) is 25.3. The molecule has 0 radical (unpaired) electrons. The highest BCUT2D eigenvalue weighted by Gasteiger charge is 2.24. The third kappa shape index (κ3) is 5.59. The number of nitrogens with one attached hydrogen (secondary N) is 1. The predicted octanol–water partition coefficient (Wildman–Crippen LogP) is 1.17. The van der Waals surface area contributed by atoms with Gasteiger partial charge >= 0.3 is 0 Å². The van der Waals surface area contributed by atoms with Gasteiger partial charge in [-0.3, -0.25) is 9.59 Å². The molecule has 0 atom stereocenters. The van der Waals surface area contributed by atoms with Crippen LogP contribution in [0.25, 0.3) is 0 Å². The Hall–Kier alpha value is -1.10. The van der Waals surface area contributed by atoms with Crippen molar-refractivity contribution in [1.82, 2.24) is 10.2 Å². The van der Waals surface area contributed by atoms with Gasteiger partial charge in [-0.15, -0.1) is 0 Å². The number of nitrogens with zero attached hydrogens (tertiary/aromatic N) is 1. The van der Waals surface area contributed by atoms with Crippen LogP contribution >= 0.6 is 0 Å². The second kappa shape index (κ2) is 7.48. The Morgan fingerprint density at radius 2 is 1.79 bits per heavy atom. The molecule has 1 N–H and O–H groups in total. The van der Waals surface area contributed by atoms with Crippen LogP contribution in [-0.2, 0) is 14.3 Å². The van der Waals surface area contributed by atoms with E-state index in [-0.39, 0.29) is 36.5 Å². The Bertz CT molecular complexity index is 308. The summed E-state index contributed by atoms with van der Waals surface area (Å²) < 4.78 is 5.26. The highest BCUT2D eigenvalue weighted by atomic mass is 16.5. The maximum Gasteiger partial charge on any atom is 0.246 e. The van der Waals surface area contributed by atoms with Gasteiger partial charge in [0.2, 0.25) is 11.8 Å². The van der Waals surface area contributed by atoms with Gasteiger partial charge < -0.3 is 15.0 Å². The van der Waals surface area contributed by atoms with Gasteiger partial charge in [0.1, 0.15) is 6.61 Å². The van der Waals surface area contributed by atoms with Gasteiger partial charge in [-0.25, -0.2) is 0 Å². The summed E-state index contributed by atoms with van der Waals surface area (Å²) in [5.41, 5.74) is 0. The topological polar surface area (TPSA) is 58.6 Å². The van der Waals surface area contributed by atoms with Crippen LogP contribution in [0.2, 0.25) is 0 Å². The first-order chi connectivity index (χ1) is 8.90. The lowest BCUT2D eigenvalue weighted by Crippen LogP contribution is -2.48. The highest BCUT2D eigenvalue weighted by Crippen LogP contribution is 2.13. The molecule has 5 heteroatoms. The zero-order chi connectivity index (χ0) is 14.4. The van der Waals surface area contributed by atoms with Gasteiger partial charge in [0.25, 0.3) is 0 Å². The lowest BCUT2D eigenvalue weighted by Gasteiger charge is -2.33. The normalized spacial score (nSPS) is 17.1. The Morgan fingerprint density at radius 1 is 1.21 bits per heavy atom. The van der Waals surface area contributed by atoms with E-state index in [1.807, 2.05) is 32.6 Å². The third-order valence-electron chi connectivity index (χ3n) is 3.21. The van der Waals surface area contributed by atoms with Gasteiger partial charge in [0, 0.05) is 25.0 Å². The molecule has 1 saturated heterocycles. The Labute approximate surface area is 115 Å². The maximum absolute atomic E-state index is 11.8. The van der Waals surface area contributed by atoms with Crippen LogP contribution < -0.4 is 5.32 Å². The largest absolute Gasteiger partial charge is 0.369 e. The van der Waals surface area contributed by atoms with E-state index in [1.54, 1.807) is 0 Å². The Morgan fingerprint density at radius 3 is 2.26 bits per heavy atom. The van der Waals surface area contributed by atoms with Crippen LogP contribution in [0.3, 0.4) is 0 Å². The van der Waals surface area contributed by atoms with Gasteiger partial charge in [-0.05, 0) is 26.7 Å². The van der Waals surface area contributed by atoms with Crippen LogP contribution in [0.15, 0.2) is 0 Å². The standard InChI is InChI=1S/C14H26N2O3/c1-10(2)14(18)16-7-5-12(6-8-16)15-13(17)9-19-11(3)4/h10-12H,5-9H2,1-4H3,(H,15,17). The fourth-order valence-electron chi connectivity index (χ4n) is 2.12. The first-order valence-corrected chi connectivity index (χ1v) is 7.10. The van der Waals surface area contributed by atoms with E-state index in [2.05, 4.69) is 5.32 Å². The number of hydrogen-bond donors (Lipinski definition) is 1. The molecule has 2 amide bonds. The maximum atomic E-state index is 11.8. The summed E-state index contributed by atoms with van der Waals surface area (Å²) in [6.07, 6.45) is 1.72. The van der Waals surface area contributed by atoms with E-state index < -0.39 is 0 Å². The minimum absolute atomic E-state index is 0.0468. The van der Waals surface area contributed by atoms with E-state index in [0.717, 1.165) is 25.9 Å². The number of hydrogen-bond acceptors (Lipinski definition) is 3. The van der Waals surface area contributed by atoms with Crippen molar-refractivity contribution < 1.29 is 14.3 Å². The lowest BCUT2D eigenvalue weighted by molar-refractivity contribution is -0.135. The molecular formula is C14H26N2O3. The molecule has 0 unspecified atom stereocenters. The zero-order valence-corrected chi connectivity index (χ0v) is 12.4. The number of ether oxygens (including phenoxy) is 1. The Balaban J connectivity index is 2.26. The molecule has 5 nitrogen and oxygen atoms in total. The first-order valence-electron chi connectivity index (χ1n) is 7.10. The first kappa shape index (κ1) is 16.0. The Kier molecular flexibility index (Phi) is 6.28. The SMILES string of the molecule is CC(C)OCC(=O)NC1CCN(C(=O)C(C)C)CC1. The summed E-state index contributed by atoms with van der Waals surface area (Å²) in [5.74, 6) is 0.181. The molecule has 0 aromatic heterocycles. The number of piperidine rings is 1. The average molecular weight is 270 g/mol. The lowest BCUT2D eigenvalue weighted by atomic mass is 10.0. The van der Waals surface area contributed by atoms with Crippen molar-refractivity contribution in [3.05, 3.63) is 0 Å². The van der Waals surface area contributed by atoms with Gasteiger partial charge in [-0.2, -0.15) is 0 Å². The smallest absolute Gasteiger partial charge is 0.246 e. The van der Waals surface area contributed by atoms with Crippen molar-refractivity contribution in [2.45, 2.75) is 52.7 Å². The number of amides is 2. The third-order valence-corrected chi connectivity index (χ3v) is 3.21. The van der Waals surface area contributed by atoms with E-state index >= 15 is 0 Å². The van der Waals surface area contributed by atoms with E-state index in [9.17, 15) is 9.59 Å². The van der Waals surface area contributed by atoms with Crippen molar-refractivity contribution in [3.63, 3.8) is 0 Å². The van der Waals surface area contributed by atoms with Crippen LogP contribution in [0.5, 0.6) is 0 Å². The van der Waals surface area contributed by atoms with E-state index in [0.29, 0.717) is 0 Å². The van der Waals surface area contributed by atoms with Crippen molar-refractivity contribution >= 4 is 11.8 Å². The summed E-state index contributed by atoms with van der Waals surface area (Å²) in [5, 5.41) is 2.96. The molecule has 0 aromatic carbocycles. The van der Waals surface area contributed by atoms with Crippen molar-refractivity contribution in [2.75, 3.05) is 19.7 Å². The number of likely N-dealkylation sites (tertiary alicyclic amines) is 1. The molecule has 110 valence electrons. The molecule has 0 aromatic rings. The zero-order valence-electron chi connectivity index (χ0n) is 12.4. The van der Waals surface area contributed by atoms with Crippen LogP contribution in [0, 0.1) is 5.92 Å². The molecule has 1 aliphatic heterocycles. The highest BCUT2D eigenvalue weighted by molar-refractivity contribution is 5.79. The molecule has 1 fully saturated rings. The molecule has 1 aliphatic rings. The second-order valence-corrected chi connectivity index (χ2v) is 5.68. The van der Waals surface area contributed by atoms with Gasteiger partial charge in [0.05, 0.1) is 6.10 Å². The predicted molar refractivity (Wildman–Crippen MR) is 73.7 cm³/mol. The molecular weight excluding hydrogens is 244 g/mol. The van der Waals surface area contributed by atoms with Crippen molar-refractivity contribution in [1.29, 1.82) is 0 Å². The summed E-state index contributed by atoms with van der Waals surface area (Å²) in [6.45, 7) is 9.22. The molecule has 0 spiro atoms. The number of rotatable bonds is 5. The quantitative estimate of drug-likeness (QED) is 0.816. The summed E-state index contributed by atoms with van der Waals surface area (Å²) in [7, 11) is 0. The minimum Gasteiger partial charge on any atom is -0.369 e. The van der Waals surface area contributed by atoms with E-state index in [1.165, 1.54) is 0 Å². The molecule has 1 heterocycles. The molecule has 1 rings (SSSR count). The summed E-state index contributed by atoms with van der Waals surface area (Å²) in [6, 6.07) is 0.166. The van der Waals surface area contributed by atoms with Crippen LogP contribution in [0.4, 0.5) is 0 Å². The number of carbonyl (C=O) groups is 2. The van der Waals surface area contributed by atoms with Crippen LogP contribution in [-0.4, -0.2) is 48.6 Å². The average Bonchev–Trinajstić information content (AvgIpc) is 2.36. The van der Waals surface area contributed by atoms with Crippen molar-refractivity contribution in [3.8, 4) is 0 Å². The minimum atomic E-state index is -0.0673. The fraction of sp³-hybridized carbons (Fsp3) is 0.857. The number of carbonyl (C=O) groups excluding carboxylic acids is 2. The molecule has 0 saturated carbocycles. The summed E-state index contributed by atoms with van der Waals surface area (Å²) >= 11 is 0. The second-order valence-electron chi connectivity index (χ2n) is 5.68. The molecule has 0 aliphatic carbocycles. The van der Waals surface area contributed by atoms with Crippen molar-refractivity contribution in [2.24, 2.45) is 5.92 Å². The van der Waals surface area contributed by atoms with E-state index in [4.69, 9.17) is 4.74 Å². The van der Waals surface area contributed by atoms with Crippen LogP contribution in [0.1, 0.15) is 40.5 Å². The monoisotopic (exact) mass is 270 g/mol. The van der Waals surface area contributed by atoms with Gasteiger partial charge in [0.15, 0.2) is 0 Å². The fourth-order valence-corrected chi connectivity index (χ4v) is 2.12. The van der Waals surface area contributed by atoms with Gasteiger partial charge in [-0.1, -0.05) is 13.8 Å².